The number of carbonyl (C=O) groups is 1. The van der Waals surface area contributed by atoms with Crippen LogP contribution >= 0.6 is 0 Å². The molecule has 88 valence electrons. The molecule has 3 aromatic rings. The van der Waals surface area contributed by atoms with Crippen LogP contribution in [0.25, 0.3) is 21.8 Å². The Morgan fingerprint density at radius 3 is 2.83 bits per heavy atom. The summed E-state index contributed by atoms with van der Waals surface area (Å²) in [6.45, 7) is 1.91. The first kappa shape index (κ1) is 9.71. The summed E-state index contributed by atoms with van der Waals surface area (Å²) in [5.74, 6) is -0.224. The predicted molar refractivity (Wildman–Crippen MR) is 69.6 cm³/mol. The number of benzene rings is 2. The van der Waals surface area contributed by atoms with Gasteiger partial charge in [-0.15, -0.1) is 0 Å². The molecular weight excluding hydrogens is 226 g/mol. The van der Waals surface area contributed by atoms with Crippen LogP contribution in [0.15, 0.2) is 36.4 Å². The standard InChI is InChI=1S/C15H11NO2/c1-8-10-6-11-9-4-2-3-5-13(9)16-14(11)7-12(10)15(17)18-8/h2-8,16H,1H3. The number of nitrogens with one attached hydrogen (secondary N) is 1. The highest BCUT2D eigenvalue weighted by Gasteiger charge is 2.28. The third-order valence-electron chi connectivity index (χ3n) is 3.62. The van der Waals surface area contributed by atoms with Crippen molar-refractivity contribution in [1.29, 1.82) is 0 Å². The summed E-state index contributed by atoms with van der Waals surface area (Å²) in [7, 11) is 0. The number of fused-ring (bicyclic) bond motifs is 4. The minimum absolute atomic E-state index is 0.148. The van der Waals surface area contributed by atoms with Crippen molar-refractivity contribution in [1.82, 2.24) is 4.98 Å². The Labute approximate surface area is 103 Å². The van der Waals surface area contributed by atoms with Crippen molar-refractivity contribution in [2.45, 2.75) is 13.0 Å². The molecule has 0 bridgehead atoms. The number of carbonyl (C=O) groups excluding carboxylic acids is 1. The molecule has 3 nitrogen and oxygen atoms in total. The summed E-state index contributed by atoms with van der Waals surface area (Å²) in [5, 5.41) is 2.33. The molecule has 0 fully saturated rings. The molecule has 4 rings (SSSR count). The van der Waals surface area contributed by atoms with E-state index in [9.17, 15) is 4.79 Å². The van der Waals surface area contributed by atoms with E-state index in [1.165, 1.54) is 5.39 Å². The topological polar surface area (TPSA) is 42.1 Å². The highest BCUT2D eigenvalue weighted by Crippen LogP contribution is 2.35. The molecule has 18 heavy (non-hydrogen) atoms. The third kappa shape index (κ3) is 1.11. The van der Waals surface area contributed by atoms with Crippen molar-refractivity contribution in [3.8, 4) is 0 Å². The van der Waals surface area contributed by atoms with Gasteiger partial charge in [0.2, 0.25) is 0 Å². The van der Waals surface area contributed by atoms with Gasteiger partial charge in [-0.2, -0.15) is 0 Å². The van der Waals surface area contributed by atoms with Crippen molar-refractivity contribution in [3.05, 3.63) is 47.5 Å². The highest BCUT2D eigenvalue weighted by atomic mass is 16.5. The van der Waals surface area contributed by atoms with Gasteiger partial charge in [-0.3, -0.25) is 0 Å². The summed E-state index contributed by atoms with van der Waals surface area (Å²) in [5.41, 5.74) is 3.75. The maximum absolute atomic E-state index is 11.7. The molecule has 0 saturated carbocycles. The largest absolute Gasteiger partial charge is 0.454 e. The van der Waals surface area contributed by atoms with Crippen LogP contribution in [-0.4, -0.2) is 11.0 Å². The Kier molecular flexibility index (Phi) is 1.69. The number of cyclic esters (lactones) is 1. The van der Waals surface area contributed by atoms with Crippen molar-refractivity contribution in [3.63, 3.8) is 0 Å². The Bertz CT molecular complexity index is 801. The SMILES string of the molecule is CC1OC(=O)c2cc3[nH]c4ccccc4c3cc21. The number of rotatable bonds is 0. The Morgan fingerprint density at radius 2 is 1.94 bits per heavy atom. The number of ether oxygens (including phenoxy) is 1. The number of aromatic nitrogens is 1. The van der Waals surface area contributed by atoms with Gasteiger partial charge in [-0.25, -0.2) is 4.79 Å². The van der Waals surface area contributed by atoms with E-state index < -0.39 is 0 Å². The maximum atomic E-state index is 11.7. The molecule has 2 aromatic carbocycles. The normalized spacial score (nSPS) is 18.3. The molecule has 1 atom stereocenters. The van der Waals surface area contributed by atoms with E-state index in [0.29, 0.717) is 5.56 Å². The zero-order chi connectivity index (χ0) is 12.3. The van der Waals surface area contributed by atoms with E-state index >= 15 is 0 Å². The highest BCUT2D eigenvalue weighted by molar-refractivity contribution is 6.10. The van der Waals surface area contributed by atoms with Gasteiger partial charge in [-0.1, -0.05) is 18.2 Å². The summed E-state index contributed by atoms with van der Waals surface area (Å²) in [4.78, 5) is 15.0. The fourth-order valence-electron chi connectivity index (χ4n) is 2.72. The van der Waals surface area contributed by atoms with Gasteiger partial charge >= 0.3 is 5.97 Å². The lowest BCUT2D eigenvalue weighted by molar-refractivity contribution is 0.0422. The van der Waals surface area contributed by atoms with Crippen LogP contribution in [0, 0.1) is 0 Å². The lowest BCUT2D eigenvalue weighted by Crippen LogP contribution is -1.94. The zero-order valence-corrected chi connectivity index (χ0v) is 9.86. The van der Waals surface area contributed by atoms with E-state index in [0.717, 1.165) is 22.0 Å². The maximum Gasteiger partial charge on any atom is 0.339 e. The average molecular weight is 237 g/mol. The molecule has 1 aromatic heterocycles. The van der Waals surface area contributed by atoms with Gasteiger partial charge in [0.05, 0.1) is 5.56 Å². The second-order valence-electron chi connectivity index (χ2n) is 4.70. The zero-order valence-electron chi connectivity index (χ0n) is 9.86. The molecule has 0 saturated heterocycles. The van der Waals surface area contributed by atoms with Gasteiger partial charge in [0.1, 0.15) is 6.10 Å². The molecule has 1 aliphatic rings. The lowest BCUT2D eigenvalue weighted by Gasteiger charge is -2.01. The smallest absolute Gasteiger partial charge is 0.339 e. The molecule has 2 heterocycles. The van der Waals surface area contributed by atoms with Crippen molar-refractivity contribution < 1.29 is 9.53 Å². The van der Waals surface area contributed by atoms with Gasteiger partial charge in [0, 0.05) is 27.4 Å². The Morgan fingerprint density at radius 1 is 1.11 bits per heavy atom. The van der Waals surface area contributed by atoms with Crippen LogP contribution in [0.5, 0.6) is 0 Å². The Hall–Kier alpha value is -2.29. The van der Waals surface area contributed by atoms with Crippen molar-refractivity contribution in [2.75, 3.05) is 0 Å². The van der Waals surface area contributed by atoms with E-state index in [1.807, 2.05) is 31.2 Å². The summed E-state index contributed by atoms with van der Waals surface area (Å²) < 4.78 is 5.23. The first-order valence-electron chi connectivity index (χ1n) is 5.99. The molecule has 1 unspecified atom stereocenters. The van der Waals surface area contributed by atoms with Crippen LogP contribution in [0.3, 0.4) is 0 Å². The number of esters is 1. The van der Waals surface area contributed by atoms with Crippen LogP contribution in [0.4, 0.5) is 0 Å². The predicted octanol–water partition coefficient (Wildman–Crippen LogP) is 3.55. The second-order valence-corrected chi connectivity index (χ2v) is 4.70. The molecule has 0 aliphatic carbocycles. The average Bonchev–Trinajstić information content (AvgIpc) is 2.86. The van der Waals surface area contributed by atoms with Gasteiger partial charge in [0.15, 0.2) is 0 Å². The minimum Gasteiger partial charge on any atom is -0.454 e. The monoisotopic (exact) mass is 237 g/mol. The first-order valence-corrected chi connectivity index (χ1v) is 5.99. The molecule has 3 heteroatoms. The molecule has 0 spiro atoms. The molecule has 0 radical (unpaired) electrons. The quantitative estimate of drug-likeness (QED) is 0.607. The number of para-hydroxylation sites is 1. The van der Waals surface area contributed by atoms with E-state index in [-0.39, 0.29) is 12.1 Å². The Balaban J connectivity index is 2.16. The fourth-order valence-corrected chi connectivity index (χ4v) is 2.72. The van der Waals surface area contributed by atoms with Crippen LogP contribution < -0.4 is 0 Å². The second kappa shape index (κ2) is 3.13. The van der Waals surface area contributed by atoms with E-state index in [4.69, 9.17) is 4.74 Å². The number of hydrogen-bond acceptors (Lipinski definition) is 2. The van der Waals surface area contributed by atoms with Crippen LogP contribution in [-0.2, 0) is 4.74 Å². The third-order valence-corrected chi connectivity index (χ3v) is 3.62. The number of hydrogen-bond donors (Lipinski definition) is 1. The van der Waals surface area contributed by atoms with Gasteiger partial charge in [0.25, 0.3) is 0 Å². The summed E-state index contributed by atoms with van der Waals surface area (Å²) >= 11 is 0. The van der Waals surface area contributed by atoms with Crippen molar-refractivity contribution >= 4 is 27.8 Å². The van der Waals surface area contributed by atoms with E-state index in [1.54, 1.807) is 0 Å². The lowest BCUT2D eigenvalue weighted by atomic mass is 10.0. The number of aromatic amines is 1. The van der Waals surface area contributed by atoms with Crippen LogP contribution in [0.1, 0.15) is 28.9 Å². The summed E-state index contributed by atoms with van der Waals surface area (Å²) in [6, 6.07) is 12.1. The van der Waals surface area contributed by atoms with Gasteiger partial charge in [-0.05, 0) is 25.1 Å². The van der Waals surface area contributed by atoms with Gasteiger partial charge < -0.3 is 9.72 Å². The van der Waals surface area contributed by atoms with Crippen molar-refractivity contribution in [2.24, 2.45) is 0 Å². The minimum atomic E-state index is -0.224. The first-order chi connectivity index (χ1) is 8.74. The van der Waals surface area contributed by atoms with E-state index in [2.05, 4.69) is 17.1 Å². The fraction of sp³-hybridized carbons (Fsp3) is 0.133. The molecular formula is C15H11NO2. The van der Waals surface area contributed by atoms with Crippen LogP contribution in [0.2, 0.25) is 0 Å². The summed E-state index contributed by atoms with van der Waals surface area (Å²) in [6.07, 6.45) is -0.148. The molecule has 0 amide bonds. The number of H-pyrrole nitrogens is 1. The molecule has 1 N–H and O–H groups in total. The molecule has 1 aliphatic heterocycles.